The highest BCUT2D eigenvalue weighted by atomic mass is 15.2. The van der Waals surface area contributed by atoms with Gasteiger partial charge in [-0.25, -0.2) is 4.98 Å². The second kappa shape index (κ2) is 6.29. The van der Waals surface area contributed by atoms with Gasteiger partial charge in [0.25, 0.3) is 0 Å². The first-order valence-electron chi connectivity index (χ1n) is 7.49. The minimum absolute atomic E-state index is 0.640. The highest BCUT2D eigenvalue weighted by Gasteiger charge is 2.25. The summed E-state index contributed by atoms with van der Waals surface area (Å²) in [6.45, 7) is 0. The molecule has 1 aromatic heterocycles. The topological polar surface area (TPSA) is 38.7 Å². The predicted octanol–water partition coefficient (Wildman–Crippen LogP) is 3.96. The smallest absolute Gasteiger partial charge is 0.182 e. The standard InChI is InChI=1S/C20H14N3/c1-3-9-16(10-4-1)19-18(15-11-7-8-12-15)21-20(23-22-19)17-13-5-2-6-14-17/h1-14H. The van der Waals surface area contributed by atoms with Gasteiger partial charge in [-0.1, -0.05) is 60.7 Å². The van der Waals surface area contributed by atoms with Crippen LogP contribution in [0.4, 0.5) is 0 Å². The van der Waals surface area contributed by atoms with Crippen molar-refractivity contribution in [3.63, 3.8) is 0 Å². The molecule has 0 atom stereocenters. The van der Waals surface area contributed by atoms with Gasteiger partial charge in [0, 0.05) is 17.0 Å². The molecule has 0 N–H and O–H groups in total. The van der Waals surface area contributed by atoms with Crippen molar-refractivity contribution < 1.29 is 0 Å². The van der Waals surface area contributed by atoms with Gasteiger partial charge in [-0.15, -0.1) is 10.2 Å². The Bertz CT molecular complexity index is 778. The molecule has 2 aromatic carbocycles. The van der Waals surface area contributed by atoms with Crippen molar-refractivity contribution in [1.82, 2.24) is 15.2 Å². The Labute approximate surface area is 136 Å². The molecule has 0 saturated heterocycles. The molecule has 109 valence electrons. The summed E-state index contributed by atoms with van der Waals surface area (Å²) in [6, 6.07) is 20.0. The molecule has 1 heterocycles. The zero-order valence-electron chi connectivity index (χ0n) is 12.4. The van der Waals surface area contributed by atoms with Crippen molar-refractivity contribution >= 4 is 0 Å². The van der Waals surface area contributed by atoms with E-state index in [4.69, 9.17) is 4.98 Å². The highest BCUT2D eigenvalue weighted by Crippen LogP contribution is 2.34. The lowest BCUT2D eigenvalue weighted by molar-refractivity contribution is 0.949. The van der Waals surface area contributed by atoms with Crippen LogP contribution in [0, 0.1) is 31.6 Å². The van der Waals surface area contributed by atoms with Crippen molar-refractivity contribution in [2.45, 2.75) is 0 Å². The average Bonchev–Trinajstić information content (AvgIpc) is 3.17. The molecular weight excluding hydrogens is 282 g/mol. The number of nitrogens with zero attached hydrogens (tertiary/aromatic N) is 3. The maximum Gasteiger partial charge on any atom is 0.182 e. The Balaban J connectivity index is 1.83. The zero-order chi connectivity index (χ0) is 15.5. The maximum atomic E-state index is 4.79. The first kappa shape index (κ1) is 14.1. The fourth-order valence-electron chi connectivity index (χ4n) is 2.56. The summed E-state index contributed by atoms with van der Waals surface area (Å²) in [5, 5.41) is 8.80. The minimum atomic E-state index is 0.640. The lowest BCUT2D eigenvalue weighted by Gasteiger charge is -2.13. The quantitative estimate of drug-likeness (QED) is 0.734. The summed E-state index contributed by atoms with van der Waals surface area (Å²) in [6.07, 6.45) is 8.11. The lowest BCUT2D eigenvalue weighted by atomic mass is 9.98. The molecule has 4 rings (SSSR count). The predicted molar refractivity (Wildman–Crippen MR) is 90.2 cm³/mol. The minimum Gasteiger partial charge on any atom is -0.229 e. The van der Waals surface area contributed by atoms with Gasteiger partial charge in [-0.2, -0.15) is 0 Å². The van der Waals surface area contributed by atoms with Crippen LogP contribution in [-0.4, -0.2) is 15.2 Å². The van der Waals surface area contributed by atoms with Crippen LogP contribution in [0.15, 0.2) is 60.7 Å². The number of benzene rings is 2. The van der Waals surface area contributed by atoms with Gasteiger partial charge in [0.1, 0.15) is 5.69 Å². The van der Waals surface area contributed by atoms with E-state index in [1.54, 1.807) is 0 Å². The fourth-order valence-corrected chi connectivity index (χ4v) is 2.56. The first-order valence-corrected chi connectivity index (χ1v) is 7.49. The van der Waals surface area contributed by atoms with Crippen LogP contribution < -0.4 is 0 Å². The highest BCUT2D eigenvalue weighted by molar-refractivity contribution is 5.68. The molecule has 3 heteroatoms. The van der Waals surface area contributed by atoms with Gasteiger partial charge in [0.15, 0.2) is 5.82 Å². The summed E-state index contributed by atoms with van der Waals surface area (Å²) >= 11 is 0. The van der Waals surface area contributed by atoms with Gasteiger partial charge < -0.3 is 0 Å². The monoisotopic (exact) mass is 296 g/mol. The molecule has 1 aliphatic rings. The van der Waals surface area contributed by atoms with E-state index in [2.05, 4.69) is 10.2 Å². The molecule has 1 saturated carbocycles. The van der Waals surface area contributed by atoms with Crippen LogP contribution in [0.1, 0.15) is 5.69 Å². The van der Waals surface area contributed by atoms with E-state index in [1.165, 1.54) is 0 Å². The first-order chi connectivity index (χ1) is 11.4. The average molecular weight is 296 g/mol. The van der Waals surface area contributed by atoms with Gasteiger partial charge in [0.05, 0.1) is 5.69 Å². The number of hydrogen-bond donors (Lipinski definition) is 0. The van der Waals surface area contributed by atoms with Crippen LogP contribution in [0.25, 0.3) is 22.6 Å². The van der Waals surface area contributed by atoms with Crippen LogP contribution in [-0.2, 0) is 0 Å². The van der Waals surface area contributed by atoms with E-state index in [1.807, 2.05) is 86.3 Å². The summed E-state index contributed by atoms with van der Waals surface area (Å²) < 4.78 is 0. The second-order valence-corrected chi connectivity index (χ2v) is 5.24. The van der Waals surface area contributed by atoms with Crippen molar-refractivity contribution in [2.75, 3.05) is 0 Å². The molecule has 0 aliphatic heterocycles. The lowest BCUT2D eigenvalue weighted by Crippen LogP contribution is -2.07. The number of rotatable bonds is 3. The van der Waals surface area contributed by atoms with E-state index in [0.29, 0.717) is 5.82 Å². The summed E-state index contributed by atoms with van der Waals surface area (Å²) in [4.78, 5) is 4.79. The molecular formula is C20H14N3. The molecule has 3 nitrogen and oxygen atoms in total. The Kier molecular flexibility index (Phi) is 3.85. The van der Waals surface area contributed by atoms with Crippen molar-refractivity contribution in [2.24, 2.45) is 0 Å². The Morgan fingerprint density at radius 2 is 1.17 bits per heavy atom. The normalized spacial score (nSPS) is 15.0. The summed E-state index contributed by atoms with van der Waals surface area (Å²) in [5.74, 6) is 1.69. The van der Waals surface area contributed by atoms with Crippen LogP contribution >= 0.6 is 0 Å². The van der Waals surface area contributed by atoms with E-state index in [-0.39, 0.29) is 0 Å². The third-order valence-corrected chi connectivity index (χ3v) is 3.70. The molecule has 0 spiro atoms. The number of aromatic nitrogens is 3. The molecule has 1 aliphatic carbocycles. The van der Waals surface area contributed by atoms with Crippen molar-refractivity contribution in [3.8, 4) is 22.6 Å². The van der Waals surface area contributed by atoms with Gasteiger partial charge in [0.2, 0.25) is 0 Å². The van der Waals surface area contributed by atoms with E-state index < -0.39 is 0 Å². The fraction of sp³-hybridized carbons (Fsp3) is 0. The Morgan fingerprint density at radius 3 is 1.83 bits per heavy atom. The molecule has 5 radical (unpaired) electrons. The van der Waals surface area contributed by atoms with Crippen LogP contribution in [0.5, 0.6) is 0 Å². The molecule has 0 amide bonds. The second-order valence-electron chi connectivity index (χ2n) is 5.24. The Morgan fingerprint density at radius 1 is 0.565 bits per heavy atom. The number of hydrogen-bond acceptors (Lipinski definition) is 3. The van der Waals surface area contributed by atoms with E-state index in [9.17, 15) is 0 Å². The largest absolute Gasteiger partial charge is 0.229 e. The zero-order valence-corrected chi connectivity index (χ0v) is 12.4. The summed E-state index contributed by atoms with van der Waals surface area (Å²) in [5.41, 5.74) is 3.64. The van der Waals surface area contributed by atoms with Crippen LogP contribution in [0.2, 0.25) is 0 Å². The van der Waals surface area contributed by atoms with Crippen LogP contribution in [0.3, 0.4) is 0 Å². The van der Waals surface area contributed by atoms with Gasteiger partial charge in [-0.3, -0.25) is 0 Å². The SMILES string of the molecule is [CH]1[CH][CH][C](c2nc(-c3ccccc3)nnc2-c2ccccc2)[CH]1. The molecule has 3 aromatic rings. The third kappa shape index (κ3) is 2.87. The van der Waals surface area contributed by atoms with Gasteiger partial charge >= 0.3 is 0 Å². The van der Waals surface area contributed by atoms with Crippen molar-refractivity contribution in [3.05, 3.63) is 98.0 Å². The summed E-state index contributed by atoms with van der Waals surface area (Å²) in [7, 11) is 0. The third-order valence-electron chi connectivity index (χ3n) is 3.70. The van der Waals surface area contributed by atoms with Crippen molar-refractivity contribution in [1.29, 1.82) is 0 Å². The maximum absolute atomic E-state index is 4.79. The van der Waals surface area contributed by atoms with E-state index >= 15 is 0 Å². The molecule has 0 unspecified atom stereocenters. The molecule has 0 bridgehead atoms. The molecule has 23 heavy (non-hydrogen) atoms. The Hall–Kier alpha value is -2.55. The van der Waals surface area contributed by atoms with E-state index in [0.717, 1.165) is 28.4 Å². The molecule has 1 fully saturated rings. The van der Waals surface area contributed by atoms with Gasteiger partial charge in [-0.05, 0) is 25.7 Å².